The molecule has 3 nitrogen and oxygen atoms in total. The molecule has 18 heavy (non-hydrogen) atoms. The predicted molar refractivity (Wildman–Crippen MR) is 80.1 cm³/mol. The first kappa shape index (κ1) is 15.9. The Balaban J connectivity index is 2.24. The molecule has 0 aromatic heterocycles. The molecular weight excluding hydrogens is 222 g/mol. The number of nitrogens with zero attached hydrogens (tertiary/aromatic N) is 2. The number of hydrogen-bond acceptors (Lipinski definition) is 3. The maximum Gasteiger partial charge on any atom is 0.0117 e. The number of likely N-dealkylation sites (tertiary alicyclic amines) is 1. The lowest BCUT2D eigenvalue weighted by Gasteiger charge is -2.36. The monoisotopic (exact) mass is 255 g/mol. The van der Waals surface area contributed by atoms with Crippen molar-refractivity contribution in [3.63, 3.8) is 0 Å². The number of piperidine rings is 1. The molecule has 0 spiro atoms. The summed E-state index contributed by atoms with van der Waals surface area (Å²) < 4.78 is 0. The quantitative estimate of drug-likeness (QED) is 0.811. The van der Waals surface area contributed by atoms with Crippen LogP contribution in [0.4, 0.5) is 0 Å². The summed E-state index contributed by atoms with van der Waals surface area (Å²) in [7, 11) is 4.52. The van der Waals surface area contributed by atoms with E-state index in [1.165, 1.54) is 32.5 Å². The molecule has 1 aliphatic rings. The molecule has 0 saturated carbocycles. The first-order valence-corrected chi connectivity index (χ1v) is 7.42. The Hall–Kier alpha value is -0.120. The van der Waals surface area contributed by atoms with Crippen LogP contribution in [0.15, 0.2) is 0 Å². The van der Waals surface area contributed by atoms with Gasteiger partial charge in [-0.15, -0.1) is 0 Å². The molecule has 1 rings (SSSR count). The van der Waals surface area contributed by atoms with Gasteiger partial charge in [0.25, 0.3) is 0 Å². The molecule has 1 aliphatic heterocycles. The van der Waals surface area contributed by atoms with Crippen LogP contribution < -0.4 is 5.32 Å². The van der Waals surface area contributed by atoms with Crippen molar-refractivity contribution in [1.29, 1.82) is 0 Å². The standard InChI is InChI=1S/C15H33N3/c1-13(11-16-15(2,3)4)12-18(6)14-7-9-17(5)10-8-14/h13-14,16H,7-12H2,1-6H3. The molecule has 0 aromatic carbocycles. The Kier molecular flexibility index (Phi) is 6.09. The lowest BCUT2D eigenvalue weighted by atomic mass is 10.0. The fraction of sp³-hybridized carbons (Fsp3) is 1.00. The molecule has 1 saturated heterocycles. The van der Waals surface area contributed by atoms with Gasteiger partial charge in [0.15, 0.2) is 0 Å². The summed E-state index contributed by atoms with van der Waals surface area (Å²) in [6.45, 7) is 13.9. The molecule has 3 heteroatoms. The summed E-state index contributed by atoms with van der Waals surface area (Å²) in [6, 6.07) is 0.790. The van der Waals surface area contributed by atoms with Gasteiger partial charge in [0.2, 0.25) is 0 Å². The van der Waals surface area contributed by atoms with Crippen LogP contribution in [0, 0.1) is 5.92 Å². The first-order chi connectivity index (χ1) is 8.28. The van der Waals surface area contributed by atoms with Gasteiger partial charge in [-0.25, -0.2) is 0 Å². The van der Waals surface area contributed by atoms with Crippen molar-refractivity contribution in [2.75, 3.05) is 40.3 Å². The van der Waals surface area contributed by atoms with Crippen molar-refractivity contribution in [2.24, 2.45) is 5.92 Å². The molecule has 108 valence electrons. The van der Waals surface area contributed by atoms with Crippen molar-refractivity contribution in [1.82, 2.24) is 15.1 Å². The van der Waals surface area contributed by atoms with Crippen molar-refractivity contribution in [2.45, 2.75) is 52.1 Å². The first-order valence-electron chi connectivity index (χ1n) is 7.42. The molecule has 0 amide bonds. The fourth-order valence-corrected chi connectivity index (χ4v) is 2.62. The summed E-state index contributed by atoms with van der Waals surface area (Å²) in [6.07, 6.45) is 2.65. The Labute approximate surface area is 114 Å². The van der Waals surface area contributed by atoms with Crippen molar-refractivity contribution in [3.8, 4) is 0 Å². The molecule has 0 aliphatic carbocycles. The van der Waals surface area contributed by atoms with E-state index in [9.17, 15) is 0 Å². The average Bonchev–Trinajstić information content (AvgIpc) is 2.26. The average molecular weight is 255 g/mol. The lowest BCUT2D eigenvalue weighted by Crippen LogP contribution is -2.45. The minimum Gasteiger partial charge on any atom is -0.312 e. The van der Waals surface area contributed by atoms with Gasteiger partial charge in [0.1, 0.15) is 0 Å². The highest BCUT2D eigenvalue weighted by Gasteiger charge is 2.21. The van der Waals surface area contributed by atoms with Gasteiger partial charge in [0, 0.05) is 18.1 Å². The Bertz CT molecular complexity index is 226. The third kappa shape index (κ3) is 6.17. The maximum atomic E-state index is 3.60. The number of hydrogen-bond donors (Lipinski definition) is 1. The van der Waals surface area contributed by atoms with Crippen LogP contribution in [0.3, 0.4) is 0 Å². The van der Waals surface area contributed by atoms with E-state index in [4.69, 9.17) is 0 Å². The normalized spacial score (nSPS) is 21.5. The summed E-state index contributed by atoms with van der Waals surface area (Å²) in [5.41, 5.74) is 0.236. The van der Waals surface area contributed by atoms with E-state index in [0.717, 1.165) is 12.6 Å². The van der Waals surface area contributed by atoms with E-state index in [0.29, 0.717) is 5.92 Å². The second-order valence-corrected chi connectivity index (χ2v) is 7.21. The summed E-state index contributed by atoms with van der Waals surface area (Å²) in [5, 5.41) is 3.60. The van der Waals surface area contributed by atoms with Gasteiger partial charge in [0.05, 0.1) is 0 Å². The van der Waals surface area contributed by atoms with Crippen molar-refractivity contribution in [3.05, 3.63) is 0 Å². The zero-order valence-corrected chi connectivity index (χ0v) is 13.3. The van der Waals surface area contributed by atoms with Crippen LogP contribution in [0.25, 0.3) is 0 Å². The molecule has 0 radical (unpaired) electrons. The third-order valence-corrected chi connectivity index (χ3v) is 3.89. The van der Waals surface area contributed by atoms with Crippen molar-refractivity contribution >= 4 is 0 Å². The Morgan fingerprint density at radius 1 is 1.28 bits per heavy atom. The van der Waals surface area contributed by atoms with Crippen LogP contribution in [0.1, 0.15) is 40.5 Å². The summed E-state index contributed by atoms with van der Waals surface area (Å²) >= 11 is 0. The summed E-state index contributed by atoms with van der Waals surface area (Å²) in [5.74, 6) is 0.717. The topological polar surface area (TPSA) is 18.5 Å². The minimum absolute atomic E-state index is 0.236. The van der Waals surface area contributed by atoms with Crippen LogP contribution in [0.5, 0.6) is 0 Å². The van der Waals surface area contributed by atoms with E-state index in [1.807, 2.05) is 0 Å². The van der Waals surface area contributed by atoms with Gasteiger partial charge in [-0.05, 0) is 73.3 Å². The second-order valence-electron chi connectivity index (χ2n) is 7.21. The van der Waals surface area contributed by atoms with Gasteiger partial charge in [-0.3, -0.25) is 0 Å². The molecule has 0 aromatic rings. The van der Waals surface area contributed by atoms with E-state index in [2.05, 4.69) is 56.9 Å². The smallest absolute Gasteiger partial charge is 0.0117 e. The zero-order valence-electron chi connectivity index (χ0n) is 13.3. The van der Waals surface area contributed by atoms with Crippen molar-refractivity contribution < 1.29 is 0 Å². The Morgan fingerprint density at radius 2 is 1.83 bits per heavy atom. The Morgan fingerprint density at radius 3 is 2.33 bits per heavy atom. The van der Waals surface area contributed by atoms with Gasteiger partial charge < -0.3 is 15.1 Å². The van der Waals surface area contributed by atoms with Crippen LogP contribution >= 0.6 is 0 Å². The minimum atomic E-state index is 0.236. The number of rotatable bonds is 5. The van der Waals surface area contributed by atoms with Gasteiger partial charge in [-0.1, -0.05) is 6.92 Å². The largest absolute Gasteiger partial charge is 0.312 e. The molecular formula is C15H33N3. The highest BCUT2D eigenvalue weighted by Crippen LogP contribution is 2.15. The third-order valence-electron chi connectivity index (χ3n) is 3.89. The van der Waals surface area contributed by atoms with Crippen LogP contribution in [-0.2, 0) is 0 Å². The highest BCUT2D eigenvalue weighted by molar-refractivity contribution is 4.79. The van der Waals surface area contributed by atoms with Crippen LogP contribution in [0.2, 0.25) is 0 Å². The predicted octanol–water partition coefficient (Wildman–Crippen LogP) is 2.04. The summed E-state index contributed by atoms with van der Waals surface area (Å²) in [4.78, 5) is 5.01. The maximum absolute atomic E-state index is 3.60. The highest BCUT2D eigenvalue weighted by atomic mass is 15.2. The zero-order chi connectivity index (χ0) is 13.8. The van der Waals surface area contributed by atoms with E-state index in [1.54, 1.807) is 0 Å². The molecule has 1 N–H and O–H groups in total. The second kappa shape index (κ2) is 6.88. The van der Waals surface area contributed by atoms with Crippen LogP contribution in [-0.4, -0.2) is 61.7 Å². The molecule has 0 bridgehead atoms. The van der Waals surface area contributed by atoms with E-state index in [-0.39, 0.29) is 5.54 Å². The lowest BCUT2D eigenvalue weighted by molar-refractivity contribution is 0.130. The van der Waals surface area contributed by atoms with Gasteiger partial charge in [-0.2, -0.15) is 0 Å². The molecule has 1 unspecified atom stereocenters. The molecule has 1 atom stereocenters. The SMILES string of the molecule is CC(CNC(C)(C)C)CN(C)C1CCN(C)CC1. The van der Waals surface area contributed by atoms with E-state index < -0.39 is 0 Å². The number of nitrogens with one attached hydrogen (secondary N) is 1. The fourth-order valence-electron chi connectivity index (χ4n) is 2.62. The van der Waals surface area contributed by atoms with Gasteiger partial charge >= 0.3 is 0 Å². The molecule has 1 heterocycles. The van der Waals surface area contributed by atoms with E-state index >= 15 is 0 Å². The molecule has 1 fully saturated rings.